The molecule has 0 unspecified atom stereocenters. The second kappa shape index (κ2) is 15.6. The van der Waals surface area contributed by atoms with Crippen molar-refractivity contribution < 1.29 is 19.1 Å². The molecule has 0 bridgehead atoms. The van der Waals surface area contributed by atoms with E-state index in [1.807, 2.05) is 46.8 Å². The summed E-state index contributed by atoms with van der Waals surface area (Å²) in [5, 5.41) is 6.81. The standard InChI is InChI=1S/C35H55N9O4/c1-7-27-32(38-25-10-9-15-44(23-25)34(46)48-35(3,4)5)40-33(30(39-27)31(36)45)37-24-11-12-28(29(22-24)47-8-2)43-16-13-26(14-17-43)42-20-18-41(6)19-21-42/h11-12,22,25-26H,7-10,13-21,23H2,1-6H3,(H2,36,45)(H2,37,38,40)/t25-/m1/s1. The molecule has 4 heterocycles. The van der Waals surface area contributed by atoms with Crippen molar-refractivity contribution in [1.29, 1.82) is 0 Å². The highest BCUT2D eigenvalue weighted by atomic mass is 16.6. The number of ether oxygens (including phenoxy) is 2. The van der Waals surface area contributed by atoms with Gasteiger partial charge in [-0.2, -0.15) is 0 Å². The predicted octanol–water partition coefficient (Wildman–Crippen LogP) is 4.31. The zero-order chi connectivity index (χ0) is 34.4. The minimum Gasteiger partial charge on any atom is -0.492 e. The molecule has 1 aromatic heterocycles. The van der Waals surface area contributed by atoms with Gasteiger partial charge >= 0.3 is 6.09 Å². The van der Waals surface area contributed by atoms with E-state index in [2.05, 4.69) is 43.4 Å². The van der Waals surface area contributed by atoms with Gasteiger partial charge in [0.1, 0.15) is 11.4 Å². The third-order valence-electron chi connectivity index (χ3n) is 9.33. The molecule has 5 rings (SSSR count). The second-order valence-electron chi connectivity index (χ2n) is 14.1. The fourth-order valence-electron chi connectivity index (χ4n) is 6.79. The van der Waals surface area contributed by atoms with E-state index in [9.17, 15) is 9.59 Å². The monoisotopic (exact) mass is 665 g/mol. The lowest BCUT2D eigenvalue weighted by molar-refractivity contribution is 0.0206. The first kappa shape index (κ1) is 35.5. The molecule has 3 aliphatic rings. The number of nitrogens with two attached hydrogens (primary N) is 1. The minimum atomic E-state index is -0.662. The number of anilines is 4. The van der Waals surface area contributed by atoms with Crippen molar-refractivity contribution >= 4 is 35.0 Å². The molecule has 13 heteroatoms. The number of nitrogens with zero attached hydrogens (tertiary/aromatic N) is 6. The SMILES string of the molecule is CCOc1cc(Nc2nc(N[C@@H]3CCCN(C(=O)OC(C)(C)C)C3)c(CC)nc2C(N)=O)ccc1N1CCC(N2CCN(C)CC2)CC1. The van der Waals surface area contributed by atoms with Crippen LogP contribution in [0.15, 0.2) is 18.2 Å². The molecular formula is C35H55N9O4. The maximum atomic E-state index is 12.8. The van der Waals surface area contributed by atoms with Gasteiger partial charge in [0.25, 0.3) is 5.91 Å². The van der Waals surface area contributed by atoms with Crippen LogP contribution in [0.2, 0.25) is 0 Å². The van der Waals surface area contributed by atoms with Crippen molar-refractivity contribution in [2.24, 2.45) is 5.73 Å². The summed E-state index contributed by atoms with van der Waals surface area (Å²) in [6.07, 6.45) is 4.17. The number of piperazine rings is 1. The molecule has 0 saturated carbocycles. The topological polar surface area (TPSA) is 141 Å². The average molecular weight is 666 g/mol. The van der Waals surface area contributed by atoms with Crippen molar-refractivity contribution in [1.82, 2.24) is 24.7 Å². The molecule has 0 spiro atoms. The molecule has 3 aliphatic heterocycles. The average Bonchev–Trinajstić information content (AvgIpc) is 3.05. The van der Waals surface area contributed by atoms with Crippen LogP contribution in [0.4, 0.5) is 27.8 Å². The molecule has 3 fully saturated rings. The van der Waals surface area contributed by atoms with Crippen LogP contribution in [0.1, 0.15) is 76.5 Å². The number of aromatic nitrogens is 2. The lowest BCUT2D eigenvalue weighted by atomic mass is 10.0. The zero-order valence-corrected chi connectivity index (χ0v) is 29.7. The molecule has 2 amide bonds. The number of likely N-dealkylation sites (N-methyl/N-ethyl adjacent to an activating group) is 1. The molecular weight excluding hydrogens is 610 g/mol. The molecule has 1 aromatic carbocycles. The summed E-state index contributed by atoms with van der Waals surface area (Å²) in [5.41, 5.74) is 7.73. The highest BCUT2D eigenvalue weighted by Gasteiger charge is 2.30. The van der Waals surface area contributed by atoms with E-state index in [1.165, 1.54) is 0 Å². The Kier molecular flexibility index (Phi) is 11.5. The Balaban J connectivity index is 1.31. The summed E-state index contributed by atoms with van der Waals surface area (Å²) in [7, 11) is 2.20. The van der Waals surface area contributed by atoms with Gasteiger partial charge in [-0.25, -0.2) is 14.8 Å². The smallest absolute Gasteiger partial charge is 0.410 e. The van der Waals surface area contributed by atoms with Crippen LogP contribution >= 0.6 is 0 Å². The molecule has 4 N–H and O–H groups in total. The minimum absolute atomic E-state index is 0.0534. The summed E-state index contributed by atoms with van der Waals surface area (Å²) in [4.78, 5) is 44.0. The predicted molar refractivity (Wildman–Crippen MR) is 190 cm³/mol. The zero-order valence-electron chi connectivity index (χ0n) is 29.7. The van der Waals surface area contributed by atoms with E-state index < -0.39 is 11.5 Å². The van der Waals surface area contributed by atoms with Gasteiger partial charge in [-0.1, -0.05) is 6.92 Å². The second-order valence-corrected chi connectivity index (χ2v) is 14.1. The molecule has 264 valence electrons. The molecule has 1 atom stereocenters. The Hall–Kier alpha value is -3.84. The summed E-state index contributed by atoms with van der Waals surface area (Å²) >= 11 is 0. The number of piperidine rings is 2. The van der Waals surface area contributed by atoms with Crippen molar-refractivity contribution in [3.05, 3.63) is 29.6 Å². The largest absolute Gasteiger partial charge is 0.492 e. The van der Waals surface area contributed by atoms with Gasteiger partial charge in [-0.15, -0.1) is 0 Å². The number of likely N-dealkylation sites (tertiary alicyclic amines) is 1. The number of nitrogens with one attached hydrogen (secondary N) is 2. The Morgan fingerprint density at radius 2 is 1.71 bits per heavy atom. The normalized spacial score (nSPS) is 20.0. The van der Waals surface area contributed by atoms with Crippen molar-refractivity contribution in [3.63, 3.8) is 0 Å². The molecule has 0 aliphatic carbocycles. The van der Waals surface area contributed by atoms with Gasteiger partial charge in [-0.05, 0) is 79.0 Å². The van der Waals surface area contributed by atoms with Crippen LogP contribution in [0.3, 0.4) is 0 Å². The number of benzene rings is 1. The van der Waals surface area contributed by atoms with Crippen LogP contribution in [-0.4, -0.2) is 120 Å². The number of aryl methyl sites for hydroxylation is 1. The number of rotatable bonds is 10. The van der Waals surface area contributed by atoms with E-state index >= 15 is 0 Å². The summed E-state index contributed by atoms with van der Waals surface area (Å²) < 4.78 is 11.7. The third-order valence-corrected chi connectivity index (χ3v) is 9.33. The van der Waals surface area contributed by atoms with Crippen LogP contribution in [-0.2, 0) is 11.2 Å². The maximum Gasteiger partial charge on any atom is 0.410 e. The summed E-state index contributed by atoms with van der Waals surface area (Å²) in [6, 6.07) is 6.59. The molecule has 3 saturated heterocycles. The van der Waals surface area contributed by atoms with Gasteiger partial charge in [0.15, 0.2) is 17.3 Å². The molecule has 48 heavy (non-hydrogen) atoms. The third kappa shape index (κ3) is 8.98. The van der Waals surface area contributed by atoms with Crippen LogP contribution < -0.4 is 26.0 Å². The molecule has 0 radical (unpaired) electrons. The number of hydrogen-bond donors (Lipinski definition) is 3. The Morgan fingerprint density at radius 3 is 2.35 bits per heavy atom. The van der Waals surface area contributed by atoms with E-state index in [-0.39, 0.29) is 23.6 Å². The summed E-state index contributed by atoms with van der Waals surface area (Å²) in [6.45, 7) is 17.7. The molecule has 2 aromatic rings. The number of carbonyl (C=O) groups is 2. The lowest BCUT2D eigenvalue weighted by Crippen LogP contribution is -2.52. The highest BCUT2D eigenvalue weighted by Crippen LogP contribution is 2.35. The van der Waals surface area contributed by atoms with Gasteiger partial charge < -0.3 is 40.5 Å². The van der Waals surface area contributed by atoms with Crippen molar-refractivity contribution in [2.45, 2.75) is 84.4 Å². The fraction of sp³-hybridized carbons (Fsp3) is 0.657. The first-order valence-corrected chi connectivity index (χ1v) is 17.6. The van der Waals surface area contributed by atoms with E-state index in [0.717, 1.165) is 82.1 Å². The van der Waals surface area contributed by atoms with Crippen LogP contribution in [0, 0.1) is 0 Å². The highest BCUT2D eigenvalue weighted by molar-refractivity contribution is 5.96. The number of amides is 2. The Morgan fingerprint density at radius 1 is 0.979 bits per heavy atom. The molecule has 13 nitrogen and oxygen atoms in total. The van der Waals surface area contributed by atoms with Gasteiger partial charge in [0, 0.05) is 76.2 Å². The fourth-order valence-corrected chi connectivity index (χ4v) is 6.79. The first-order chi connectivity index (χ1) is 22.9. The number of primary amides is 1. The van der Waals surface area contributed by atoms with Crippen LogP contribution in [0.5, 0.6) is 5.75 Å². The number of carbonyl (C=O) groups excluding carboxylic acids is 2. The van der Waals surface area contributed by atoms with Crippen molar-refractivity contribution in [2.75, 3.05) is 81.5 Å². The lowest BCUT2D eigenvalue weighted by Gasteiger charge is -2.42. The first-order valence-electron chi connectivity index (χ1n) is 17.6. The van der Waals surface area contributed by atoms with Gasteiger partial charge in [-0.3, -0.25) is 9.69 Å². The maximum absolute atomic E-state index is 12.8. The van der Waals surface area contributed by atoms with Gasteiger partial charge in [0.2, 0.25) is 0 Å². The summed E-state index contributed by atoms with van der Waals surface area (Å²) in [5.74, 6) is 0.947. The van der Waals surface area contributed by atoms with Crippen LogP contribution in [0.25, 0.3) is 0 Å². The Bertz CT molecular complexity index is 1420. The van der Waals surface area contributed by atoms with Gasteiger partial charge in [0.05, 0.1) is 18.0 Å². The quantitative estimate of drug-likeness (QED) is 0.334. The van der Waals surface area contributed by atoms with E-state index in [4.69, 9.17) is 20.2 Å². The van der Waals surface area contributed by atoms with E-state index in [0.29, 0.717) is 43.7 Å². The van der Waals surface area contributed by atoms with E-state index in [1.54, 1.807) is 4.90 Å². The van der Waals surface area contributed by atoms with Crippen molar-refractivity contribution in [3.8, 4) is 5.75 Å². The number of hydrogen-bond acceptors (Lipinski definition) is 11. The Labute approximate surface area is 285 Å².